The SMILES string of the molecule is CCCNC(CN1CCN(C(C)C)CC1)C1CC1. The Morgan fingerprint density at radius 1 is 1.11 bits per heavy atom. The molecule has 0 aromatic carbocycles. The van der Waals surface area contributed by atoms with Gasteiger partial charge >= 0.3 is 0 Å². The highest BCUT2D eigenvalue weighted by Crippen LogP contribution is 2.33. The Morgan fingerprint density at radius 3 is 2.28 bits per heavy atom. The second-order valence-electron chi connectivity index (χ2n) is 6.33. The van der Waals surface area contributed by atoms with Crippen LogP contribution < -0.4 is 5.32 Å². The Bertz CT molecular complexity index is 230. The highest BCUT2D eigenvalue weighted by atomic mass is 15.3. The fraction of sp³-hybridized carbons (Fsp3) is 1.00. The number of hydrogen-bond donors (Lipinski definition) is 1. The molecule has 0 amide bonds. The molecule has 2 rings (SSSR count). The molecular weight excluding hydrogens is 222 g/mol. The van der Waals surface area contributed by atoms with E-state index in [2.05, 4.69) is 35.9 Å². The summed E-state index contributed by atoms with van der Waals surface area (Å²) >= 11 is 0. The van der Waals surface area contributed by atoms with Gasteiger partial charge in [0.05, 0.1) is 0 Å². The lowest BCUT2D eigenvalue weighted by molar-refractivity contribution is 0.0989. The Kier molecular flexibility index (Phi) is 5.46. The van der Waals surface area contributed by atoms with Crippen LogP contribution in [0.4, 0.5) is 0 Å². The standard InChI is InChI=1S/C15H31N3/c1-4-7-16-15(14-5-6-14)12-17-8-10-18(11-9-17)13(2)3/h13-16H,4-12H2,1-3H3. The molecule has 106 valence electrons. The summed E-state index contributed by atoms with van der Waals surface area (Å²) in [6.45, 7) is 14.4. The molecule has 1 unspecified atom stereocenters. The van der Waals surface area contributed by atoms with Gasteiger partial charge in [0, 0.05) is 44.8 Å². The quantitative estimate of drug-likeness (QED) is 0.746. The molecule has 0 bridgehead atoms. The van der Waals surface area contributed by atoms with Gasteiger partial charge in [-0.2, -0.15) is 0 Å². The molecule has 0 aromatic heterocycles. The summed E-state index contributed by atoms with van der Waals surface area (Å²) in [5, 5.41) is 3.76. The predicted molar refractivity (Wildman–Crippen MR) is 78.0 cm³/mol. The van der Waals surface area contributed by atoms with Gasteiger partial charge in [-0.15, -0.1) is 0 Å². The average molecular weight is 253 g/mol. The number of piperazine rings is 1. The second-order valence-corrected chi connectivity index (χ2v) is 6.33. The summed E-state index contributed by atoms with van der Waals surface area (Å²) < 4.78 is 0. The van der Waals surface area contributed by atoms with Crippen LogP contribution in [0.1, 0.15) is 40.0 Å². The average Bonchev–Trinajstić information content (AvgIpc) is 3.19. The first-order valence-corrected chi connectivity index (χ1v) is 7.90. The van der Waals surface area contributed by atoms with Gasteiger partial charge < -0.3 is 5.32 Å². The van der Waals surface area contributed by atoms with Crippen LogP contribution in [0.2, 0.25) is 0 Å². The maximum absolute atomic E-state index is 3.76. The first-order chi connectivity index (χ1) is 8.70. The molecule has 1 aliphatic heterocycles. The number of nitrogens with zero attached hydrogens (tertiary/aromatic N) is 2. The molecule has 0 aromatic rings. The molecule has 3 heteroatoms. The first kappa shape index (κ1) is 14.3. The van der Waals surface area contributed by atoms with Crippen molar-refractivity contribution >= 4 is 0 Å². The van der Waals surface area contributed by atoms with Gasteiger partial charge in [0.25, 0.3) is 0 Å². The molecule has 1 saturated heterocycles. The van der Waals surface area contributed by atoms with E-state index >= 15 is 0 Å². The van der Waals surface area contributed by atoms with Gasteiger partial charge in [0.1, 0.15) is 0 Å². The Balaban J connectivity index is 1.71. The summed E-state index contributed by atoms with van der Waals surface area (Å²) in [5.41, 5.74) is 0. The van der Waals surface area contributed by atoms with Crippen LogP contribution in [0.25, 0.3) is 0 Å². The number of hydrogen-bond acceptors (Lipinski definition) is 3. The van der Waals surface area contributed by atoms with Crippen molar-refractivity contribution in [3.63, 3.8) is 0 Å². The van der Waals surface area contributed by atoms with E-state index in [1.165, 1.54) is 58.5 Å². The van der Waals surface area contributed by atoms with E-state index in [1.54, 1.807) is 0 Å². The van der Waals surface area contributed by atoms with Crippen LogP contribution in [0.15, 0.2) is 0 Å². The smallest absolute Gasteiger partial charge is 0.0223 e. The van der Waals surface area contributed by atoms with Crippen molar-refractivity contribution in [2.45, 2.75) is 52.1 Å². The maximum Gasteiger partial charge on any atom is 0.0223 e. The third-order valence-corrected chi connectivity index (χ3v) is 4.44. The van der Waals surface area contributed by atoms with E-state index in [-0.39, 0.29) is 0 Å². The van der Waals surface area contributed by atoms with Gasteiger partial charge in [-0.05, 0) is 45.6 Å². The molecule has 2 fully saturated rings. The van der Waals surface area contributed by atoms with E-state index in [4.69, 9.17) is 0 Å². The summed E-state index contributed by atoms with van der Waals surface area (Å²) in [7, 11) is 0. The Labute approximate surface area is 113 Å². The molecule has 18 heavy (non-hydrogen) atoms. The lowest BCUT2D eigenvalue weighted by atomic mass is 10.1. The fourth-order valence-electron chi connectivity index (χ4n) is 2.95. The first-order valence-electron chi connectivity index (χ1n) is 7.90. The van der Waals surface area contributed by atoms with Crippen LogP contribution in [-0.4, -0.2) is 61.2 Å². The Hall–Kier alpha value is -0.120. The summed E-state index contributed by atoms with van der Waals surface area (Å²) in [6.07, 6.45) is 4.16. The second kappa shape index (κ2) is 6.88. The van der Waals surface area contributed by atoms with E-state index in [0.29, 0.717) is 6.04 Å². The van der Waals surface area contributed by atoms with Gasteiger partial charge in [-0.3, -0.25) is 9.80 Å². The normalized spacial score (nSPS) is 24.7. The van der Waals surface area contributed by atoms with E-state index in [0.717, 1.165) is 12.0 Å². The molecule has 1 atom stereocenters. The molecule has 1 heterocycles. The molecule has 2 aliphatic rings. The van der Waals surface area contributed by atoms with Crippen molar-refractivity contribution in [3.05, 3.63) is 0 Å². The largest absolute Gasteiger partial charge is 0.312 e. The van der Waals surface area contributed by atoms with E-state index in [9.17, 15) is 0 Å². The molecule has 1 aliphatic carbocycles. The number of rotatable bonds is 7. The molecule has 0 radical (unpaired) electrons. The molecule has 1 N–H and O–H groups in total. The minimum atomic E-state index is 0.713. The van der Waals surface area contributed by atoms with Crippen molar-refractivity contribution in [1.82, 2.24) is 15.1 Å². The van der Waals surface area contributed by atoms with Crippen molar-refractivity contribution in [1.29, 1.82) is 0 Å². The third kappa shape index (κ3) is 4.22. The lowest BCUT2D eigenvalue weighted by Crippen LogP contribution is -2.52. The van der Waals surface area contributed by atoms with Crippen LogP contribution in [0, 0.1) is 5.92 Å². The highest BCUT2D eigenvalue weighted by Gasteiger charge is 2.32. The number of nitrogens with one attached hydrogen (secondary N) is 1. The zero-order chi connectivity index (χ0) is 13.0. The van der Waals surface area contributed by atoms with E-state index < -0.39 is 0 Å². The monoisotopic (exact) mass is 253 g/mol. The van der Waals surface area contributed by atoms with Crippen molar-refractivity contribution in [2.24, 2.45) is 5.92 Å². The highest BCUT2D eigenvalue weighted by molar-refractivity contribution is 4.89. The van der Waals surface area contributed by atoms with Crippen LogP contribution >= 0.6 is 0 Å². The van der Waals surface area contributed by atoms with Crippen molar-refractivity contribution in [2.75, 3.05) is 39.3 Å². The molecular formula is C15H31N3. The lowest BCUT2D eigenvalue weighted by Gasteiger charge is -2.38. The maximum atomic E-state index is 3.76. The van der Waals surface area contributed by atoms with Crippen LogP contribution in [-0.2, 0) is 0 Å². The van der Waals surface area contributed by atoms with Crippen LogP contribution in [0.5, 0.6) is 0 Å². The minimum absolute atomic E-state index is 0.713. The topological polar surface area (TPSA) is 18.5 Å². The minimum Gasteiger partial charge on any atom is -0.312 e. The van der Waals surface area contributed by atoms with Gasteiger partial charge in [-0.25, -0.2) is 0 Å². The molecule has 0 spiro atoms. The molecule has 3 nitrogen and oxygen atoms in total. The van der Waals surface area contributed by atoms with Gasteiger partial charge in [0.2, 0.25) is 0 Å². The zero-order valence-corrected chi connectivity index (χ0v) is 12.5. The Morgan fingerprint density at radius 2 is 1.78 bits per heavy atom. The fourth-order valence-corrected chi connectivity index (χ4v) is 2.95. The molecule has 1 saturated carbocycles. The summed E-state index contributed by atoms with van der Waals surface area (Å²) in [5.74, 6) is 0.972. The van der Waals surface area contributed by atoms with Crippen molar-refractivity contribution in [3.8, 4) is 0 Å². The summed E-state index contributed by atoms with van der Waals surface area (Å²) in [6, 6.07) is 1.47. The van der Waals surface area contributed by atoms with E-state index in [1.807, 2.05) is 0 Å². The van der Waals surface area contributed by atoms with Crippen LogP contribution in [0.3, 0.4) is 0 Å². The van der Waals surface area contributed by atoms with Gasteiger partial charge in [-0.1, -0.05) is 6.92 Å². The predicted octanol–water partition coefficient (Wildman–Crippen LogP) is 1.79. The van der Waals surface area contributed by atoms with Crippen molar-refractivity contribution < 1.29 is 0 Å². The van der Waals surface area contributed by atoms with Gasteiger partial charge in [0.15, 0.2) is 0 Å². The summed E-state index contributed by atoms with van der Waals surface area (Å²) in [4.78, 5) is 5.27. The third-order valence-electron chi connectivity index (χ3n) is 4.44. The zero-order valence-electron chi connectivity index (χ0n) is 12.5.